The second kappa shape index (κ2) is 12.9. The molecule has 0 radical (unpaired) electrons. The van der Waals surface area contributed by atoms with Gasteiger partial charge in [0.1, 0.15) is 5.75 Å². The molecule has 1 heterocycles. The number of hydrogen-bond donors (Lipinski definition) is 2. The van der Waals surface area contributed by atoms with Crippen molar-refractivity contribution < 1.29 is 8.95 Å². The average Bonchev–Trinajstić information content (AvgIpc) is 2.90. The number of fused-ring (bicyclic) bond motifs is 1. The Morgan fingerprint density at radius 3 is 2.09 bits per heavy atom. The molecule has 3 aromatic carbocycles. The number of nitrogens with zero attached hydrogens (tertiary/aromatic N) is 2. The number of aromatic nitrogens is 2. The molecule has 6 nitrogen and oxygen atoms in total. The van der Waals surface area contributed by atoms with Gasteiger partial charge in [-0.25, -0.2) is 14.2 Å². The Morgan fingerprint density at radius 1 is 0.743 bits per heavy atom. The minimum Gasteiger partial charge on any atom is -0.494 e. The summed E-state index contributed by atoms with van der Waals surface area (Å²) in [7, 11) is -1.47. The molecule has 35 heavy (non-hydrogen) atoms. The van der Waals surface area contributed by atoms with Crippen molar-refractivity contribution in [3.8, 4) is 5.75 Å². The summed E-state index contributed by atoms with van der Waals surface area (Å²) in [6.07, 6.45) is 7.45. The first-order valence-corrected chi connectivity index (χ1v) is 13.4. The van der Waals surface area contributed by atoms with E-state index in [9.17, 15) is 4.21 Å². The van der Waals surface area contributed by atoms with Crippen molar-refractivity contribution in [1.29, 1.82) is 0 Å². The van der Waals surface area contributed by atoms with Crippen LogP contribution in [0.4, 0.5) is 17.3 Å². The van der Waals surface area contributed by atoms with E-state index in [0.29, 0.717) is 16.5 Å². The predicted octanol–water partition coefficient (Wildman–Crippen LogP) is 7.25. The highest BCUT2D eigenvalue weighted by Gasteiger charge is 2.13. The summed E-state index contributed by atoms with van der Waals surface area (Å²) in [5.41, 5.74) is 2.32. The molecule has 0 aliphatic heterocycles. The van der Waals surface area contributed by atoms with Gasteiger partial charge in [0.05, 0.1) is 22.5 Å². The maximum atomic E-state index is 12.9. The maximum Gasteiger partial charge on any atom is 0.182 e. The Kier molecular flexibility index (Phi) is 9.06. The van der Waals surface area contributed by atoms with Gasteiger partial charge < -0.3 is 10.1 Å². The lowest BCUT2D eigenvalue weighted by atomic mass is 10.1. The fraction of sp³-hybridized carbons (Fsp3) is 0.286. The first kappa shape index (κ1) is 24.7. The quantitative estimate of drug-likeness (QED) is 0.194. The van der Waals surface area contributed by atoms with Crippen LogP contribution in [0.5, 0.6) is 5.75 Å². The first-order chi connectivity index (χ1) is 17.2. The summed E-state index contributed by atoms with van der Waals surface area (Å²) >= 11 is 0. The van der Waals surface area contributed by atoms with E-state index < -0.39 is 11.0 Å². The van der Waals surface area contributed by atoms with Gasteiger partial charge in [0.2, 0.25) is 0 Å². The van der Waals surface area contributed by atoms with Crippen molar-refractivity contribution in [1.82, 2.24) is 9.97 Å². The fourth-order valence-electron chi connectivity index (χ4n) is 3.69. The number of anilines is 3. The standard InChI is InChI=1S/C28H32N4O2S/c1-2-3-4-5-6-12-21-34-23-19-17-22(18-20-23)29-27-28(31-26-16-11-10-15-25(26)30-27)32-35(33)24-13-8-7-9-14-24/h7-11,13-20H,2-6,12,21H2,1H3,(H,29,30)(H,31,32). The SMILES string of the molecule is CCCCCCCCOc1ccc(Nc2nc3ccccc3nc2NS(=O)c2ccccc2)cc1. The number of unbranched alkanes of at least 4 members (excludes halogenated alkanes) is 5. The normalized spacial score (nSPS) is 11.8. The van der Waals surface area contributed by atoms with Crippen LogP contribution in [-0.4, -0.2) is 20.8 Å². The molecule has 0 fully saturated rings. The summed E-state index contributed by atoms with van der Waals surface area (Å²) < 4.78 is 21.8. The van der Waals surface area contributed by atoms with Gasteiger partial charge in [-0.1, -0.05) is 69.4 Å². The second-order valence-electron chi connectivity index (χ2n) is 8.36. The number of rotatable bonds is 13. The Labute approximate surface area is 209 Å². The molecule has 0 aliphatic carbocycles. The Morgan fingerprint density at radius 2 is 1.37 bits per heavy atom. The van der Waals surface area contributed by atoms with Crippen LogP contribution in [0.2, 0.25) is 0 Å². The number of hydrogen-bond acceptors (Lipinski definition) is 5. The first-order valence-electron chi connectivity index (χ1n) is 12.2. The zero-order chi connectivity index (χ0) is 24.3. The van der Waals surface area contributed by atoms with Crippen molar-refractivity contribution in [2.75, 3.05) is 16.6 Å². The largest absolute Gasteiger partial charge is 0.494 e. The molecule has 0 spiro atoms. The Balaban J connectivity index is 1.43. The van der Waals surface area contributed by atoms with Crippen molar-refractivity contribution in [2.45, 2.75) is 50.3 Å². The number of nitrogens with one attached hydrogen (secondary N) is 2. The molecule has 0 amide bonds. The van der Waals surface area contributed by atoms with Gasteiger partial charge in [0.15, 0.2) is 22.6 Å². The molecular weight excluding hydrogens is 456 g/mol. The Hall–Kier alpha value is -3.45. The summed E-state index contributed by atoms with van der Waals surface area (Å²) in [4.78, 5) is 10.1. The highest BCUT2D eigenvalue weighted by Crippen LogP contribution is 2.27. The molecule has 0 saturated heterocycles. The summed E-state index contributed by atoms with van der Waals surface area (Å²) in [6, 6.07) is 24.7. The van der Waals surface area contributed by atoms with Crippen LogP contribution in [0.15, 0.2) is 83.8 Å². The minimum absolute atomic E-state index is 0.425. The van der Waals surface area contributed by atoms with Crippen LogP contribution < -0.4 is 14.8 Å². The monoisotopic (exact) mass is 488 g/mol. The zero-order valence-electron chi connectivity index (χ0n) is 20.1. The summed E-state index contributed by atoms with van der Waals surface area (Å²) in [5, 5.41) is 3.32. The minimum atomic E-state index is -1.47. The van der Waals surface area contributed by atoms with Crippen molar-refractivity contribution >= 4 is 39.3 Å². The molecule has 4 rings (SSSR count). The molecule has 1 atom stereocenters. The third-order valence-corrected chi connectivity index (χ3v) is 6.68. The highest BCUT2D eigenvalue weighted by molar-refractivity contribution is 7.86. The van der Waals surface area contributed by atoms with E-state index in [1.54, 1.807) is 0 Å². The van der Waals surface area contributed by atoms with Crippen LogP contribution in [-0.2, 0) is 11.0 Å². The van der Waals surface area contributed by atoms with Crippen molar-refractivity contribution in [3.05, 3.63) is 78.9 Å². The molecule has 1 unspecified atom stereocenters. The molecule has 0 bridgehead atoms. The molecule has 1 aromatic heterocycles. The van der Waals surface area contributed by atoms with Crippen LogP contribution in [0.1, 0.15) is 45.4 Å². The lowest BCUT2D eigenvalue weighted by molar-refractivity contribution is 0.304. The molecule has 4 aromatic rings. The predicted molar refractivity (Wildman–Crippen MR) is 145 cm³/mol. The molecular formula is C28H32N4O2S. The van der Waals surface area contributed by atoms with Gasteiger partial charge in [-0.2, -0.15) is 0 Å². The van der Waals surface area contributed by atoms with E-state index >= 15 is 0 Å². The smallest absolute Gasteiger partial charge is 0.182 e. The number of benzene rings is 3. The summed E-state index contributed by atoms with van der Waals surface area (Å²) in [5.74, 6) is 1.78. The maximum absolute atomic E-state index is 12.9. The molecule has 2 N–H and O–H groups in total. The van der Waals surface area contributed by atoms with E-state index in [1.165, 1.54) is 32.1 Å². The number of ether oxygens (including phenoxy) is 1. The average molecular weight is 489 g/mol. The third kappa shape index (κ3) is 7.26. The molecule has 7 heteroatoms. The fourth-order valence-corrected chi connectivity index (χ4v) is 4.53. The van der Waals surface area contributed by atoms with Gasteiger partial charge in [-0.05, 0) is 55.0 Å². The van der Waals surface area contributed by atoms with Crippen LogP contribution in [0.3, 0.4) is 0 Å². The van der Waals surface area contributed by atoms with E-state index in [-0.39, 0.29) is 0 Å². The molecule has 0 saturated carbocycles. The van der Waals surface area contributed by atoms with Crippen LogP contribution >= 0.6 is 0 Å². The lowest BCUT2D eigenvalue weighted by Crippen LogP contribution is -2.10. The number of para-hydroxylation sites is 2. The highest BCUT2D eigenvalue weighted by atomic mass is 32.2. The van der Waals surface area contributed by atoms with E-state index in [4.69, 9.17) is 9.72 Å². The van der Waals surface area contributed by atoms with Crippen molar-refractivity contribution in [2.24, 2.45) is 0 Å². The Bertz CT molecular complexity index is 1230. The zero-order valence-corrected chi connectivity index (χ0v) is 20.9. The van der Waals surface area contributed by atoms with Crippen LogP contribution in [0, 0.1) is 0 Å². The second-order valence-corrected chi connectivity index (χ2v) is 9.57. The summed E-state index contributed by atoms with van der Waals surface area (Å²) in [6.45, 7) is 2.96. The van der Waals surface area contributed by atoms with Crippen LogP contribution in [0.25, 0.3) is 11.0 Å². The van der Waals surface area contributed by atoms with E-state index in [2.05, 4.69) is 21.9 Å². The van der Waals surface area contributed by atoms with Gasteiger partial charge in [-0.15, -0.1) is 0 Å². The van der Waals surface area contributed by atoms with Gasteiger partial charge in [-0.3, -0.25) is 4.72 Å². The van der Waals surface area contributed by atoms with Gasteiger partial charge in [0, 0.05) is 5.69 Å². The van der Waals surface area contributed by atoms with E-state index in [0.717, 1.165) is 35.5 Å². The lowest BCUT2D eigenvalue weighted by Gasteiger charge is -2.14. The van der Waals surface area contributed by atoms with Crippen molar-refractivity contribution in [3.63, 3.8) is 0 Å². The topological polar surface area (TPSA) is 76.1 Å². The van der Waals surface area contributed by atoms with Gasteiger partial charge >= 0.3 is 0 Å². The van der Waals surface area contributed by atoms with Gasteiger partial charge in [0.25, 0.3) is 0 Å². The third-order valence-electron chi connectivity index (χ3n) is 5.60. The molecule has 0 aliphatic rings. The molecule has 182 valence electrons. The van der Waals surface area contributed by atoms with E-state index in [1.807, 2.05) is 78.9 Å².